The molecule has 0 fully saturated rings. The average molecular weight is 325 g/mol. The molecule has 0 amide bonds. The summed E-state index contributed by atoms with van der Waals surface area (Å²) in [6.45, 7) is 14.0. The Kier molecular flexibility index (Phi) is 5.49. The highest BCUT2D eigenvalue weighted by Crippen LogP contribution is 2.40. The van der Waals surface area contributed by atoms with E-state index in [0.29, 0.717) is 16.6 Å². The fourth-order valence-electron chi connectivity index (χ4n) is 3.74. The van der Waals surface area contributed by atoms with Gasteiger partial charge in [-0.15, -0.1) is 5.54 Å². The molecule has 0 bridgehead atoms. The molecular weight excluding hydrogens is 296 g/mol. The van der Waals surface area contributed by atoms with Crippen molar-refractivity contribution in [2.45, 2.75) is 58.2 Å². The highest BCUT2D eigenvalue weighted by Gasteiger charge is 2.41. The highest BCUT2D eigenvalue weighted by atomic mass is 28.3. The molecule has 0 unspecified atom stereocenters. The van der Waals surface area contributed by atoms with Gasteiger partial charge in [0.2, 0.25) is 0 Å². The number of hydrogen-bond donors (Lipinski definition) is 0. The van der Waals surface area contributed by atoms with Gasteiger partial charge in [-0.05, 0) is 16.6 Å². The van der Waals surface area contributed by atoms with Crippen LogP contribution in [0.15, 0.2) is 42.9 Å². The molecule has 2 rings (SSSR count). The maximum absolute atomic E-state index is 4.50. The van der Waals surface area contributed by atoms with Crippen molar-refractivity contribution in [2.75, 3.05) is 0 Å². The van der Waals surface area contributed by atoms with E-state index in [1.54, 1.807) is 0 Å². The first-order valence-electron chi connectivity index (χ1n) is 8.50. The minimum Gasteiger partial charge on any atom is -0.265 e. The van der Waals surface area contributed by atoms with Gasteiger partial charge in [-0.3, -0.25) is 4.57 Å². The van der Waals surface area contributed by atoms with Crippen molar-refractivity contribution >= 4 is 8.07 Å². The molecule has 1 heterocycles. The molecule has 3 heteroatoms. The Hall–Kier alpha value is -1.79. The Balaban J connectivity index is 2.35. The molecule has 0 saturated carbocycles. The second-order valence-corrected chi connectivity index (χ2v) is 12.7. The molecule has 0 aliphatic rings. The number of benzene rings is 1. The summed E-state index contributed by atoms with van der Waals surface area (Å²) in [7, 11) is -1.69. The smallest absolute Gasteiger partial charge is 0.148 e. The predicted octanol–water partition coefficient (Wildman–Crippen LogP) is 5.58. The first-order chi connectivity index (χ1) is 10.9. The van der Waals surface area contributed by atoms with Crippen LogP contribution in [0.2, 0.25) is 16.6 Å². The van der Waals surface area contributed by atoms with Gasteiger partial charge in [-0.25, -0.2) is 4.98 Å². The summed E-state index contributed by atoms with van der Waals surface area (Å²) >= 11 is 0. The normalized spacial score (nSPS) is 11.9. The summed E-state index contributed by atoms with van der Waals surface area (Å²) in [5, 5.41) is 0. The number of hydrogen-bond acceptors (Lipinski definition) is 1. The Morgan fingerprint density at radius 3 is 2.00 bits per heavy atom. The number of nitrogens with zero attached hydrogens (tertiary/aromatic N) is 2. The molecule has 1 aromatic heterocycles. The Bertz CT molecular complexity index is 665. The van der Waals surface area contributed by atoms with Crippen LogP contribution in [0.5, 0.6) is 0 Å². The van der Waals surface area contributed by atoms with Crippen molar-refractivity contribution in [1.82, 2.24) is 9.55 Å². The summed E-state index contributed by atoms with van der Waals surface area (Å²) in [4.78, 5) is 4.50. The van der Waals surface area contributed by atoms with E-state index >= 15 is 0 Å². The minimum atomic E-state index is -1.69. The molecule has 0 N–H and O–H groups in total. The SMILES string of the molecule is CC(C)[Si](C#Cn1cnc(-c2ccccc2)c1)(C(C)C)C(C)C. The standard InChI is InChI=1S/C20H28N2Si/c1-16(2)23(17(3)4,18(5)6)13-12-22-14-20(21-15-22)19-10-8-7-9-11-19/h7-11,14-18H,1-6H3. The lowest BCUT2D eigenvalue weighted by atomic mass is 10.2. The van der Waals surface area contributed by atoms with Gasteiger partial charge in [0.15, 0.2) is 0 Å². The monoisotopic (exact) mass is 324 g/mol. The molecule has 0 aliphatic heterocycles. The molecule has 0 radical (unpaired) electrons. The van der Waals surface area contributed by atoms with E-state index in [2.05, 4.69) is 70.2 Å². The zero-order valence-electron chi connectivity index (χ0n) is 15.2. The maximum Gasteiger partial charge on any atom is 0.148 e. The molecule has 0 aliphatic carbocycles. The lowest BCUT2D eigenvalue weighted by molar-refractivity contribution is 0.838. The summed E-state index contributed by atoms with van der Waals surface area (Å²) in [6, 6.07) is 13.6. The minimum absolute atomic E-state index is 0.645. The number of aromatic nitrogens is 2. The Morgan fingerprint density at radius 2 is 1.48 bits per heavy atom. The van der Waals surface area contributed by atoms with Gasteiger partial charge in [-0.1, -0.05) is 71.9 Å². The van der Waals surface area contributed by atoms with Crippen LogP contribution in [0.25, 0.3) is 11.3 Å². The van der Waals surface area contributed by atoms with Crippen LogP contribution in [0.4, 0.5) is 0 Å². The van der Waals surface area contributed by atoms with E-state index in [-0.39, 0.29) is 0 Å². The topological polar surface area (TPSA) is 17.8 Å². The van der Waals surface area contributed by atoms with Crippen molar-refractivity contribution in [3.05, 3.63) is 42.9 Å². The maximum atomic E-state index is 4.50. The third kappa shape index (κ3) is 3.59. The summed E-state index contributed by atoms with van der Waals surface area (Å²) < 4.78 is 1.93. The van der Waals surface area contributed by atoms with Gasteiger partial charge in [0.1, 0.15) is 14.4 Å². The van der Waals surface area contributed by atoms with Gasteiger partial charge < -0.3 is 0 Å². The molecule has 0 saturated heterocycles. The molecule has 122 valence electrons. The fraction of sp³-hybridized carbons (Fsp3) is 0.450. The molecule has 23 heavy (non-hydrogen) atoms. The van der Waals surface area contributed by atoms with Crippen LogP contribution < -0.4 is 0 Å². The van der Waals surface area contributed by atoms with Crippen molar-refractivity contribution < 1.29 is 0 Å². The highest BCUT2D eigenvalue weighted by molar-refractivity contribution is 6.90. The van der Waals surface area contributed by atoms with Crippen molar-refractivity contribution in [1.29, 1.82) is 0 Å². The zero-order chi connectivity index (χ0) is 17.0. The lowest BCUT2D eigenvalue weighted by Crippen LogP contribution is -2.43. The van der Waals surface area contributed by atoms with E-state index < -0.39 is 8.07 Å². The van der Waals surface area contributed by atoms with Crippen molar-refractivity contribution in [3.63, 3.8) is 0 Å². The van der Waals surface area contributed by atoms with E-state index in [9.17, 15) is 0 Å². The van der Waals surface area contributed by atoms with Crippen molar-refractivity contribution in [3.8, 4) is 22.8 Å². The first kappa shape index (κ1) is 17.6. The second-order valence-electron chi connectivity index (χ2n) is 7.17. The third-order valence-corrected chi connectivity index (χ3v) is 11.2. The Labute approximate surface area is 142 Å². The second kappa shape index (κ2) is 7.19. The van der Waals surface area contributed by atoms with E-state index in [1.165, 1.54) is 0 Å². The van der Waals surface area contributed by atoms with Crippen LogP contribution in [0.1, 0.15) is 41.5 Å². The van der Waals surface area contributed by atoms with Crippen LogP contribution in [0, 0.1) is 11.6 Å². The van der Waals surface area contributed by atoms with Gasteiger partial charge >= 0.3 is 0 Å². The van der Waals surface area contributed by atoms with E-state index in [0.717, 1.165) is 11.3 Å². The van der Waals surface area contributed by atoms with Crippen LogP contribution in [-0.4, -0.2) is 17.6 Å². The third-order valence-electron chi connectivity index (χ3n) is 4.92. The quantitative estimate of drug-likeness (QED) is 0.530. The number of rotatable bonds is 4. The van der Waals surface area contributed by atoms with Crippen LogP contribution >= 0.6 is 0 Å². The fourth-order valence-corrected chi connectivity index (χ4v) is 8.93. The molecule has 2 nitrogen and oxygen atoms in total. The first-order valence-corrected chi connectivity index (χ1v) is 10.7. The largest absolute Gasteiger partial charge is 0.265 e. The van der Waals surface area contributed by atoms with E-state index in [4.69, 9.17) is 0 Å². The molecule has 2 aromatic rings. The van der Waals surface area contributed by atoms with Crippen LogP contribution in [-0.2, 0) is 0 Å². The number of imidazole rings is 1. The summed E-state index contributed by atoms with van der Waals surface area (Å²) in [5.41, 5.74) is 7.77. The molecule has 0 atom stereocenters. The molecular formula is C20H28N2Si. The van der Waals surface area contributed by atoms with Crippen LogP contribution in [0.3, 0.4) is 0 Å². The average Bonchev–Trinajstić information content (AvgIpc) is 2.96. The van der Waals surface area contributed by atoms with Gasteiger partial charge in [0.25, 0.3) is 0 Å². The summed E-state index contributed by atoms with van der Waals surface area (Å²) in [6.07, 6.45) is 3.86. The summed E-state index contributed by atoms with van der Waals surface area (Å²) in [5.74, 6) is 0. The Morgan fingerprint density at radius 1 is 0.913 bits per heavy atom. The lowest BCUT2D eigenvalue weighted by Gasteiger charge is -2.37. The molecule has 1 aromatic carbocycles. The predicted molar refractivity (Wildman–Crippen MR) is 102 cm³/mol. The van der Waals surface area contributed by atoms with Gasteiger partial charge in [0, 0.05) is 17.8 Å². The van der Waals surface area contributed by atoms with Crippen molar-refractivity contribution in [2.24, 2.45) is 0 Å². The molecule has 0 spiro atoms. The zero-order valence-corrected chi connectivity index (χ0v) is 16.2. The van der Waals surface area contributed by atoms with Gasteiger partial charge in [0.05, 0.1) is 5.69 Å². The van der Waals surface area contributed by atoms with E-state index in [1.807, 2.05) is 35.3 Å². The van der Waals surface area contributed by atoms with Gasteiger partial charge in [-0.2, -0.15) is 0 Å².